The van der Waals surface area contributed by atoms with Gasteiger partial charge in [-0.15, -0.1) is 11.8 Å². The predicted octanol–water partition coefficient (Wildman–Crippen LogP) is 2.83. The molecule has 4 heteroatoms. The Kier molecular flexibility index (Phi) is 4.30. The first-order chi connectivity index (χ1) is 7.65. The van der Waals surface area contributed by atoms with Gasteiger partial charge in [-0.1, -0.05) is 6.07 Å². The lowest BCUT2D eigenvalue weighted by molar-refractivity contribution is 0.0455. The first kappa shape index (κ1) is 12.4. The van der Waals surface area contributed by atoms with Gasteiger partial charge in [0.1, 0.15) is 0 Å². The van der Waals surface area contributed by atoms with Crippen molar-refractivity contribution in [3.63, 3.8) is 0 Å². The molecule has 1 aromatic carbocycles. The fourth-order valence-corrected chi connectivity index (χ4v) is 3.31. The van der Waals surface area contributed by atoms with E-state index < -0.39 is 0 Å². The third-order valence-electron chi connectivity index (χ3n) is 2.46. The Labute approximate surface area is 109 Å². The lowest BCUT2D eigenvalue weighted by atomic mass is 10.1. The molecule has 1 atom stereocenters. The van der Waals surface area contributed by atoms with E-state index in [4.69, 9.17) is 10.5 Å². The highest BCUT2D eigenvalue weighted by Gasteiger charge is 2.20. The van der Waals surface area contributed by atoms with Crippen LogP contribution < -0.4 is 5.73 Å². The summed E-state index contributed by atoms with van der Waals surface area (Å²) in [6.45, 7) is 3.78. The maximum atomic E-state index is 5.79. The quantitative estimate of drug-likeness (QED) is 0.929. The average molecular weight is 302 g/mol. The zero-order chi connectivity index (χ0) is 11.5. The molecule has 88 valence electrons. The molecular weight excluding hydrogens is 286 g/mol. The zero-order valence-corrected chi connectivity index (χ0v) is 11.7. The van der Waals surface area contributed by atoms with Crippen molar-refractivity contribution in [1.29, 1.82) is 0 Å². The van der Waals surface area contributed by atoms with E-state index >= 15 is 0 Å². The molecule has 1 unspecified atom stereocenters. The third-order valence-corrected chi connectivity index (χ3v) is 4.59. The van der Waals surface area contributed by atoms with Gasteiger partial charge in [-0.05, 0) is 47.0 Å². The summed E-state index contributed by atoms with van der Waals surface area (Å²) >= 11 is 5.50. The van der Waals surface area contributed by atoms with Crippen molar-refractivity contribution in [2.45, 2.75) is 29.5 Å². The SMILES string of the molecule is CC(N)Cc1ccc(SC2COC2)c(Br)c1. The maximum absolute atomic E-state index is 5.79. The van der Waals surface area contributed by atoms with Crippen molar-refractivity contribution in [1.82, 2.24) is 0 Å². The molecule has 16 heavy (non-hydrogen) atoms. The van der Waals surface area contributed by atoms with Crippen molar-refractivity contribution < 1.29 is 4.74 Å². The highest BCUT2D eigenvalue weighted by Crippen LogP contribution is 2.34. The van der Waals surface area contributed by atoms with Gasteiger partial charge in [0.15, 0.2) is 0 Å². The second-order valence-electron chi connectivity index (χ2n) is 4.22. The molecule has 1 fully saturated rings. The molecule has 0 spiro atoms. The molecule has 0 radical (unpaired) electrons. The Morgan fingerprint density at radius 1 is 1.56 bits per heavy atom. The Morgan fingerprint density at radius 3 is 2.81 bits per heavy atom. The van der Waals surface area contributed by atoms with Crippen LogP contribution in [0.1, 0.15) is 12.5 Å². The number of benzene rings is 1. The van der Waals surface area contributed by atoms with Crippen molar-refractivity contribution in [3.8, 4) is 0 Å². The molecule has 1 aliphatic heterocycles. The molecule has 2 rings (SSSR count). The minimum absolute atomic E-state index is 0.213. The van der Waals surface area contributed by atoms with Crippen LogP contribution in [0.15, 0.2) is 27.6 Å². The summed E-state index contributed by atoms with van der Waals surface area (Å²) in [7, 11) is 0. The van der Waals surface area contributed by atoms with Gasteiger partial charge in [-0.2, -0.15) is 0 Å². The van der Waals surface area contributed by atoms with Gasteiger partial charge in [-0.3, -0.25) is 0 Å². The molecule has 0 amide bonds. The second kappa shape index (κ2) is 5.54. The van der Waals surface area contributed by atoms with Gasteiger partial charge < -0.3 is 10.5 Å². The smallest absolute Gasteiger partial charge is 0.0611 e. The Balaban J connectivity index is 2.03. The number of hydrogen-bond acceptors (Lipinski definition) is 3. The van der Waals surface area contributed by atoms with E-state index in [0.29, 0.717) is 5.25 Å². The van der Waals surface area contributed by atoms with E-state index in [1.54, 1.807) is 0 Å². The Bertz CT molecular complexity index is 366. The molecule has 0 aromatic heterocycles. The standard InChI is InChI=1S/C12H16BrNOS/c1-8(14)4-9-2-3-12(11(13)5-9)16-10-6-15-7-10/h2-3,5,8,10H,4,6-7,14H2,1H3. The van der Waals surface area contributed by atoms with E-state index in [0.717, 1.165) is 19.6 Å². The largest absolute Gasteiger partial charge is 0.379 e. The molecule has 1 heterocycles. The van der Waals surface area contributed by atoms with E-state index in [9.17, 15) is 0 Å². The van der Waals surface area contributed by atoms with Gasteiger partial charge in [0, 0.05) is 15.4 Å². The van der Waals surface area contributed by atoms with Crippen LogP contribution in [-0.2, 0) is 11.2 Å². The van der Waals surface area contributed by atoms with Gasteiger partial charge in [0.2, 0.25) is 0 Å². The summed E-state index contributed by atoms with van der Waals surface area (Å²) in [5, 5.41) is 0.621. The van der Waals surface area contributed by atoms with Crippen LogP contribution >= 0.6 is 27.7 Å². The lowest BCUT2D eigenvalue weighted by Gasteiger charge is -2.25. The third kappa shape index (κ3) is 3.23. The van der Waals surface area contributed by atoms with Gasteiger partial charge in [-0.25, -0.2) is 0 Å². The lowest BCUT2D eigenvalue weighted by Crippen LogP contribution is -2.30. The summed E-state index contributed by atoms with van der Waals surface area (Å²) in [5.41, 5.74) is 7.07. The normalized spacial score (nSPS) is 18.2. The van der Waals surface area contributed by atoms with Crippen LogP contribution in [0.5, 0.6) is 0 Å². The molecule has 2 N–H and O–H groups in total. The molecule has 1 aromatic rings. The molecule has 0 aliphatic carbocycles. The van der Waals surface area contributed by atoms with Crippen LogP contribution in [0, 0.1) is 0 Å². The topological polar surface area (TPSA) is 35.2 Å². The summed E-state index contributed by atoms with van der Waals surface area (Å²) < 4.78 is 6.34. The number of halogens is 1. The molecular formula is C12H16BrNOS. The minimum Gasteiger partial charge on any atom is -0.379 e. The number of rotatable bonds is 4. The molecule has 1 saturated heterocycles. The first-order valence-corrected chi connectivity index (χ1v) is 7.11. The maximum Gasteiger partial charge on any atom is 0.0611 e. The molecule has 1 aliphatic rings. The monoisotopic (exact) mass is 301 g/mol. The number of hydrogen-bond donors (Lipinski definition) is 1. The summed E-state index contributed by atoms with van der Waals surface area (Å²) in [4.78, 5) is 1.29. The van der Waals surface area contributed by atoms with Crippen LogP contribution in [0.3, 0.4) is 0 Å². The van der Waals surface area contributed by atoms with Crippen LogP contribution in [-0.4, -0.2) is 24.5 Å². The Morgan fingerprint density at radius 2 is 2.31 bits per heavy atom. The van der Waals surface area contributed by atoms with Crippen LogP contribution in [0.2, 0.25) is 0 Å². The summed E-state index contributed by atoms with van der Waals surface area (Å²) in [6, 6.07) is 6.72. The van der Waals surface area contributed by atoms with Gasteiger partial charge in [0.05, 0.1) is 18.5 Å². The highest BCUT2D eigenvalue weighted by molar-refractivity contribution is 9.10. The van der Waals surface area contributed by atoms with Crippen molar-refractivity contribution in [2.24, 2.45) is 5.73 Å². The second-order valence-corrected chi connectivity index (χ2v) is 6.42. The number of thioether (sulfide) groups is 1. The van der Waals surface area contributed by atoms with E-state index in [1.807, 2.05) is 18.7 Å². The number of ether oxygens (including phenoxy) is 1. The predicted molar refractivity (Wildman–Crippen MR) is 72.0 cm³/mol. The van der Waals surface area contributed by atoms with Crippen molar-refractivity contribution in [2.75, 3.05) is 13.2 Å². The van der Waals surface area contributed by atoms with E-state index in [1.165, 1.54) is 14.9 Å². The minimum atomic E-state index is 0.213. The summed E-state index contributed by atoms with van der Waals surface area (Å²) in [5.74, 6) is 0. The highest BCUT2D eigenvalue weighted by atomic mass is 79.9. The molecule has 2 nitrogen and oxygen atoms in total. The molecule has 0 bridgehead atoms. The Hall–Kier alpha value is -0.0300. The van der Waals surface area contributed by atoms with Crippen molar-refractivity contribution in [3.05, 3.63) is 28.2 Å². The fourth-order valence-electron chi connectivity index (χ4n) is 1.60. The van der Waals surface area contributed by atoms with Crippen LogP contribution in [0.25, 0.3) is 0 Å². The first-order valence-electron chi connectivity index (χ1n) is 5.43. The van der Waals surface area contributed by atoms with Gasteiger partial charge >= 0.3 is 0 Å². The zero-order valence-electron chi connectivity index (χ0n) is 9.28. The van der Waals surface area contributed by atoms with E-state index in [2.05, 4.69) is 34.1 Å². The van der Waals surface area contributed by atoms with E-state index in [-0.39, 0.29) is 6.04 Å². The fraction of sp³-hybridized carbons (Fsp3) is 0.500. The van der Waals surface area contributed by atoms with Crippen LogP contribution in [0.4, 0.5) is 0 Å². The number of nitrogens with two attached hydrogens (primary N) is 1. The molecule has 0 saturated carbocycles. The average Bonchev–Trinajstić information content (AvgIpc) is 2.12. The van der Waals surface area contributed by atoms with Crippen molar-refractivity contribution >= 4 is 27.7 Å². The summed E-state index contributed by atoms with van der Waals surface area (Å²) in [6.07, 6.45) is 0.927. The van der Waals surface area contributed by atoms with Gasteiger partial charge in [0.25, 0.3) is 0 Å².